The van der Waals surface area contributed by atoms with Crippen LogP contribution in [0.1, 0.15) is 39.5 Å². The fourth-order valence-corrected chi connectivity index (χ4v) is 1.57. The first-order valence-electron chi connectivity index (χ1n) is 5.08. The number of aliphatic hydroxyl groups is 1. The Bertz CT molecular complexity index is 230. The molecule has 0 bridgehead atoms. The normalized spacial score (nSPS) is 18.1. The van der Waals surface area contributed by atoms with E-state index in [1.54, 1.807) is 0 Å². The Kier molecular flexibility index (Phi) is 3.26. The molecule has 1 saturated heterocycles. The average molecular weight is 199 g/mol. The molecular formula is C10H17NO3. The van der Waals surface area contributed by atoms with Gasteiger partial charge in [-0.25, -0.2) is 0 Å². The minimum Gasteiger partial charge on any atom is -0.388 e. The summed E-state index contributed by atoms with van der Waals surface area (Å²) in [7, 11) is 0. The van der Waals surface area contributed by atoms with Gasteiger partial charge in [0, 0.05) is 12.8 Å². The molecule has 0 radical (unpaired) electrons. The molecule has 1 N–H and O–H groups in total. The number of hydrogen-bond acceptors (Lipinski definition) is 3. The fraction of sp³-hybridized carbons (Fsp3) is 0.800. The molecule has 2 amide bonds. The van der Waals surface area contributed by atoms with Crippen molar-refractivity contribution in [1.82, 2.24) is 4.90 Å². The summed E-state index contributed by atoms with van der Waals surface area (Å²) in [6.45, 7) is 3.86. The van der Waals surface area contributed by atoms with Crippen molar-refractivity contribution in [2.75, 3.05) is 6.54 Å². The van der Waals surface area contributed by atoms with Crippen molar-refractivity contribution in [3.8, 4) is 0 Å². The Hall–Kier alpha value is -0.900. The third kappa shape index (κ3) is 2.12. The van der Waals surface area contributed by atoms with Gasteiger partial charge in [0.05, 0.1) is 12.1 Å². The standard InChI is InChI=1S/C10H17NO3/c1-3-10(14,4-2)7-11-8(12)5-6-9(11)13/h14H,3-7H2,1-2H3. The minimum atomic E-state index is -0.907. The van der Waals surface area contributed by atoms with Crippen LogP contribution < -0.4 is 0 Å². The number of β-amino-alcohol motifs (C(OH)–C–C–N with tert-alkyl or cyclic N) is 1. The van der Waals surface area contributed by atoms with E-state index < -0.39 is 5.60 Å². The lowest BCUT2D eigenvalue weighted by molar-refractivity contribution is -0.142. The van der Waals surface area contributed by atoms with Crippen LogP contribution in [-0.2, 0) is 9.59 Å². The van der Waals surface area contributed by atoms with Gasteiger partial charge >= 0.3 is 0 Å². The van der Waals surface area contributed by atoms with Crippen molar-refractivity contribution in [3.05, 3.63) is 0 Å². The molecule has 1 aliphatic heterocycles. The molecule has 4 heteroatoms. The summed E-state index contributed by atoms with van der Waals surface area (Å²) in [6, 6.07) is 0. The minimum absolute atomic E-state index is 0.150. The van der Waals surface area contributed by atoms with Gasteiger partial charge in [-0.1, -0.05) is 13.8 Å². The van der Waals surface area contributed by atoms with Crippen LogP contribution in [0, 0.1) is 0 Å². The van der Waals surface area contributed by atoms with E-state index in [4.69, 9.17) is 0 Å². The number of carbonyl (C=O) groups excluding carboxylic acids is 2. The van der Waals surface area contributed by atoms with E-state index in [-0.39, 0.29) is 18.4 Å². The molecule has 1 aliphatic rings. The van der Waals surface area contributed by atoms with E-state index in [1.807, 2.05) is 13.8 Å². The Morgan fingerprint density at radius 1 is 1.21 bits per heavy atom. The van der Waals surface area contributed by atoms with Crippen LogP contribution in [-0.4, -0.2) is 34.0 Å². The predicted octanol–water partition coefficient (Wildman–Crippen LogP) is 0.686. The zero-order valence-corrected chi connectivity index (χ0v) is 8.75. The fourth-order valence-electron chi connectivity index (χ4n) is 1.57. The summed E-state index contributed by atoms with van der Waals surface area (Å²) < 4.78 is 0. The van der Waals surface area contributed by atoms with Gasteiger partial charge in [-0.3, -0.25) is 14.5 Å². The van der Waals surface area contributed by atoms with Crippen LogP contribution in [0.2, 0.25) is 0 Å². The Balaban J connectivity index is 2.66. The lowest BCUT2D eigenvalue weighted by Crippen LogP contribution is -2.44. The zero-order chi connectivity index (χ0) is 10.8. The van der Waals surface area contributed by atoms with Crippen LogP contribution in [0.15, 0.2) is 0 Å². The van der Waals surface area contributed by atoms with E-state index in [9.17, 15) is 14.7 Å². The van der Waals surface area contributed by atoms with Crippen LogP contribution in [0.5, 0.6) is 0 Å². The number of rotatable bonds is 4. The number of likely N-dealkylation sites (tertiary alicyclic amines) is 1. The highest BCUT2D eigenvalue weighted by Gasteiger charge is 2.35. The van der Waals surface area contributed by atoms with Gasteiger partial charge in [0.15, 0.2) is 0 Å². The molecule has 1 rings (SSSR count). The van der Waals surface area contributed by atoms with Gasteiger partial charge in [0.1, 0.15) is 0 Å². The highest BCUT2D eigenvalue weighted by molar-refractivity contribution is 6.01. The molecule has 1 heterocycles. The molecule has 0 spiro atoms. The van der Waals surface area contributed by atoms with Crippen LogP contribution in [0.25, 0.3) is 0 Å². The molecule has 0 aliphatic carbocycles. The summed E-state index contributed by atoms with van der Waals surface area (Å²) >= 11 is 0. The summed E-state index contributed by atoms with van der Waals surface area (Å²) in [5.41, 5.74) is -0.907. The van der Waals surface area contributed by atoms with Gasteiger partial charge in [-0.05, 0) is 12.8 Å². The smallest absolute Gasteiger partial charge is 0.229 e. The molecule has 1 fully saturated rings. The molecule has 0 unspecified atom stereocenters. The SMILES string of the molecule is CCC(O)(CC)CN1C(=O)CCC1=O. The Morgan fingerprint density at radius 3 is 2.00 bits per heavy atom. The molecule has 0 saturated carbocycles. The van der Waals surface area contributed by atoms with Gasteiger partial charge in [-0.2, -0.15) is 0 Å². The zero-order valence-electron chi connectivity index (χ0n) is 8.75. The van der Waals surface area contributed by atoms with Gasteiger partial charge in [0.25, 0.3) is 0 Å². The first kappa shape index (κ1) is 11.2. The van der Waals surface area contributed by atoms with Crippen molar-refractivity contribution in [3.63, 3.8) is 0 Å². The maximum Gasteiger partial charge on any atom is 0.229 e. The van der Waals surface area contributed by atoms with Gasteiger partial charge in [0.2, 0.25) is 11.8 Å². The predicted molar refractivity (Wildman–Crippen MR) is 51.5 cm³/mol. The van der Waals surface area contributed by atoms with Gasteiger partial charge in [-0.15, -0.1) is 0 Å². The molecular weight excluding hydrogens is 182 g/mol. The average Bonchev–Trinajstić information content (AvgIpc) is 2.49. The second kappa shape index (κ2) is 4.09. The second-order valence-corrected chi connectivity index (χ2v) is 3.81. The Morgan fingerprint density at radius 2 is 1.64 bits per heavy atom. The highest BCUT2D eigenvalue weighted by atomic mass is 16.3. The van der Waals surface area contributed by atoms with E-state index in [1.165, 1.54) is 4.90 Å². The van der Waals surface area contributed by atoms with E-state index in [2.05, 4.69) is 0 Å². The third-order valence-electron chi connectivity index (χ3n) is 2.92. The van der Waals surface area contributed by atoms with Crippen molar-refractivity contribution in [1.29, 1.82) is 0 Å². The molecule has 0 atom stereocenters. The first-order valence-corrected chi connectivity index (χ1v) is 5.08. The van der Waals surface area contributed by atoms with Crippen molar-refractivity contribution >= 4 is 11.8 Å². The van der Waals surface area contributed by atoms with Gasteiger partial charge < -0.3 is 5.11 Å². The first-order chi connectivity index (χ1) is 6.52. The van der Waals surface area contributed by atoms with E-state index in [0.717, 1.165) is 0 Å². The van der Waals surface area contributed by atoms with Crippen LogP contribution >= 0.6 is 0 Å². The summed E-state index contributed by atoms with van der Waals surface area (Å²) in [4.78, 5) is 23.8. The van der Waals surface area contributed by atoms with E-state index >= 15 is 0 Å². The molecule has 80 valence electrons. The number of amides is 2. The summed E-state index contributed by atoms with van der Waals surface area (Å²) in [5, 5.41) is 9.98. The third-order valence-corrected chi connectivity index (χ3v) is 2.92. The second-order valence-electron chi connectivity index (χ2n) is 3.81. The monoisotopic (exact) mass is 199 g/mol. The largest absolute Gasteiger partial charge is 0.388 e. The number of hydrogen-bond donors (Lipinski definition) is 1. The lowest BCUT2D eigenvalue weighted by atomic mass is 9.97. The maximum atomic E-state index is 11.3. The summed E-state index contributed by atoms with van der Waals surface area (Å²) in [6.07, 6.45) is 1.70. The quantitative estimate of drug-likeness (QED) is 0.677. The molecule has 14 heavy (non-hydrogen) atoms. The molecule has 0 aromatic heterocycles. The molecule has 0 aromatic rings. The highest BCUT2D eigenvalue weighted by Crippen LogP contribution is 2.20. The Labute approximate surface area is 83.9 Å². The maximum absolute atomic E-state index is 11.3. The number of imide groups is 1. The lowest BCUT2D eigenvalue weighted by Gasteiger charge is -2.29. The van der Waals surface area contributed by atoms with Crippen LogP contribution in [0.4, 0.5) is 0 Å². The molecule has 0 aromatic carbocycles. The van der Waals surface area contributed by atoms with Crippen molar-refractivity contribution in [2.24, 2.45) is 0 Å². The van der Waals surface area contributed by atoms with Crippen molar-refractivity contribution < 1.29 is 14.7 Å². The molecule has 4 nitrogen and oxygen atoms in total. The van der Waals surface area contributed by atoms with E-state index in [0.29, 0.717) is 25.7 Å². The van der Waals surface area contributed by atoms with Crippen molar-refractivity contribution in [2.45, 2.75) is 45.1 Å². The number of carbonyl (C=O) groups is 2. The number of nitrogens with zero attached hydrogens (tertiary/aromatic N) is 1. The topological polar surface area (TPSA) is 57.6 Å². The summed E-state index contributed by atoms with van der Waals surface area (Å²) in [5.74, 6) is -0.314. The van der Waals surface area contributed by atoms with Crippen LogP contribution in [0.3, 0.4) is 0 Å².